The molecular formula is C15H19Cl2NO. The predicted octanol–water partition coefficient (Wildman–Crippen LogP) is 4.59. The molecule has 0 saturated carbocycles. The molecule has 1 aliphatic rings. The Morgan fingerprint density at radius 2 is 2.11 bits per heavy atom. The number of fused-ring (bicyclic) bond motifs is 1. The van der Waals surface area contributed by atoms with Crippen molar-refractivity contribution in [3.05, 3.63) is 28.8 Å². The third kappa shape index (κ3) is 2.61. The van der Waals surface area contributed by atoms with Crippen LogP contribution < -0.4 is 4.90 Å². The molecule has 104 valence electrons. The molecule has 1 aliphatic heterocycles. The molecule has 2 atom stereocenters. The molecule has 0 fully saturated rings. The molecule has 19 heavy (non-hydrogen) atoms. The fourth-order valence-electron chi connectivity index (χ4n) is 3.00. The van der Waals surface area contributed by atoms with E-state index in [1.165, 1.54) is 0 Å². The van der Waals surface area contributed by atoms with E-state index < -0.39 is 5.38 Å². The average Bonchev–Trinajstić information content (AvgIpc) is 2.26. The summed E-state index contributed by atoms with van der Waals surface area (Å²) in [4.78, 5) is 14.3. The molecule has 1 aromatic rings. The molecule has 0 N–H and O–H groups in total. The number of benzene rings is 1. The van der Waals surface area contributed by atoms with E-state index in [1.54, 1.807) is 6.92 Å². The topological polar surface area (TPSA) is 20.3 Å². The molecule has 2 rings (SSSR count). The van der Waals surface area contributed by atoms with Crippen molar-refractivity contribution in [2.24, 2.45) is 0 Å². The highest BCUT2D eigenvalue weighted by Gasteiger charge is 2.40. The predicted molar refractivity (Wildman–Crippen MR) is 81.4 cm³/mol. The largest absolute Gasteiger partial charge is 0.305 e. The van der Waals surface area contributed by atoms with Gasteiger partial charge in [0.05, 0.1) is 0 Å². The van der Waals surface area contributed by atoms with E-state index in [1.807, 2.05) is 23.1 Å². The van der Waals surface area contributed by atoms with Gasteiger partial charge in [0.1, 0.15) is 5.38 Å². The van der Waals surface area contributed by atoms with Crippen molar-refractivity contribution in [2.45, 2.75) is 50.9 Å². The molecule has 2 unspecified atom stereocenters. The highest BCUT2D eigenvalue weighted by atomic mass is 35.5. The first-order valence-electron chi connectivity index (χ1n) is 6.51. The Labute approximate surface area is 124 Å². The van der Waals surface area contributed by atoms with Crippen LogP contribution in [0.15, 0.2) is 18.2 Å². The zero-order valence-corrected chi connectivity index (χ0v) is 13.2. The SMILES string of the molecule is CC(Cl)C(=O)N1c2cc(Cl)ccc2C(C)CC1(C)C. The number of hydrogen-bond donors (Lipinski definition) is 0. The Morgan fingerprint density at radius 1 is 1.47 bits per heavy atom. The number of nitrogens with zero attached hydrogens (tertiary/aromatic N) is 1. The fraction of sp³-hybridized carbons (Fsp3) is 0.533. The zero-order valence-electron chi connectivity index (χ0n) is 11.7. The van der Waals surface area contributed by atoms with Crippen LogP contribution in [0.1, 0.15) is 45.6 Å². The molecule has 0 radical (unpaired) electrons. The summed E-state index contributed by atoms with van der Waals surface area (Å²) in [7, 11) is 0. The highest BCUT2D eigenvalue weighted by Crippen LogP contribution is 2.44. The Bertz CT molecular complexity index is 511. The van der Waals surface area contributed by atoms with E-state index in [2.05, 4.69) is 20.8 Å². The Kier molecular flexibility index (Phi) is 3.85. The minimum absolute atomic E-state index is 0.0675. The van der Waals surface area contributed by atoms with Crippen LogP contribution in [-0.4, -0.2) is 16.8 Å². The second kappa shape index (κ2) is 4.99. The van der Waals surface area contributed by atoms with Crippen molar-refractivity contribution in [1.82, 2.24) is 0 Å². The number of halogens is 2. The maximum absolute atomic E-state index is 12.4. The van der Waals surface area contributed by atoms with Crippen molar-refractivity contribution >= 4 is 34.8 Å². The van der Waals surface area contributed by atoms with E-state index in [0.29, 0.717) is 10.9 Å². The third-order valence-corrected chi connectivity index (χ3v) is 4.16. The van der Waals surface area contributed by atoms with Gasteiger partial charge in [0.15, 0.2) is 0 Å². The number of carbonyl (C=O) groups excluding carboxylic acids is 1. The Morgan fingerprint density at radius 3 is 2.68 bits per heavy atom. The van der Waals surface area contributed by atoms with Crippen molar-refractivity contribution in [1.29, 1.82) is 0 Å². The Balaban J connectivity index is 2.60. The number of alkyl halides is 1. The Hall–Kier alpha value is -0.730. The summed E-state index contributed by atoms with van der Waals surface area (Å²) in [6, 6.07) is 5.75. The highest BCUT2D eigenvalue weighted by molar-refractivity contribution is 6.33. The summed E-state index contributed by atoms with van der Waals surface area (Å²) in [6.45, 7) is 8.04. The molecule has 1 aromatic carbocycles. The molecule has 0 aliphatic carbocycles. The summed E-state index contributed by atoms with van der Waals surface area (Å²) in [5.41, 5.74) is 1.81. The third-order valence-electron chi connectivity index (χ3n) is 3.74. The van der Waals surface area contributed by atoms with E-state index in [4.69, 9.17) is 23.2 Å². The van der Waals surface area contributed by atoms with Crippen LogP contribution in [0.5, 0.6) is 0 Å². The van der Waals surface area contributed by atoms with Gasteiger partial charge < -0.3 is 4.90 Å². The summed E-state index contributed by atoms with van der Waals surface area (Å²) in [6.07, 6.45) is 0.914. The standard InChI is InChI=1S/C15H19Cl2NO/c1-9-8-15(3,4)18(14(19)10(2)16)13-7-11(17)5-6-12(9)13/h5-7,9-10H,8H2,1-4H3. The molecule has 0 bridgehead atoms. The van der Waals surface area contributed by atoms with Crippen LogP contribution in [0.3, 0.4) is 0 Å². The smallest absolute Gasteiger partial charge is 0.245 e. The van der Waals surface area contributed by atoms with E-state index in [9.17, 15) is 4.79 Å². The van der Waals surface area contributed by atoms with Crippen molar-refractivity contribution in [3.8, 4) is 0 Å². The minimum atomic E-state index is -0.542. The molecule has 1 heterocycles. The van der Waals surface area contributed by atoms with Gasteiger partial charge in [-0.25, -0.2) is 0 Å². The van der Waals surface area contributed by atoms with Gasteiger partial charge in [0, 0.05) is 16.2 Å². The molecule has 0 saturated heterocycles. The van der Waals surface area contributed by atoms with E-state index >= 15 is 0 Å². The van der Waals surface area contributed by atoms with Gasteiger partial charge in [0.25, 0.3) is 0 Å². The molecule has 2 nitrogen and oxygen atoms in total. The molecule has 1 amide bonds. The monoisotopic (exact) mass is 299 g/mol. The van der Waals surface area contributed by atoms with Gasteiger partial charge in [-0.3, -0.25) is 4.79 Å². The van der Waals surface area contributed by atoms with Crippen LogP contribution in [0.25, 0.3) is 0 Å². The van der Waals surface area contributed by atoms with Crippen molar-refractivity contribution < 1.29 is 4.79 Å². The lowest BCUT2D eigenvalue weighted by Gasteiger charge is -2.46. The maximum Gasteiger partial charge on any atom is 0.245 e. The second-order valence-electron chi connectivity index (χ2n) is 5.91. The van der Waals surface area contributed by atoms with Crippen LogP contribution in [-0.2, 0) is 4.79 Å². The van der Waals surface area contributed by atoms with Crippen molar-refractivity contribution in [2.75, 3.05) is 4.90 Å². The maximum atomic E-state index is 12.4. The molecule has 4 heteroatoms. The normalized spacial score (nSPS) is 22.8. The number of hydrogen-bond acceptors (Lipinski definition) is 1. The van der Waals surface area contributed by atoms with Gasteiger partial charge in [-0.2, -0.15) is 0 Å². The fourth-order valence-corrected chi connectivity index (χ4v) is 3.26. The van der Waals surface area contributed by atoms with E-state index in [0.717, 1.165) is 17.7 Å². The van der Waals surface area contributed by atoms with Crippen LogP contribution in [0, 0.1) is 0 Å². The number of amides is 1. The summed E-state index contributed by atoms with van der Waals surface area (Å²) in [5.74, 6) is 0.332. The van der Waals surface area contributed by atoms with Gasteiger partial charge in [-0.05, 0) is 50.8 Å². The number of rotatable bonds is 1. The molecule has 0 spiro atoms. The minimum Gasteiger partial charge on any atom is -0.305 e. The first-order valence-corrected chi connectivity index (χ1v) is 7.33. The molecular weight excluding hydrogens is 281 g/mol. The first-order chi connectivity index (χ1) is 8.74. The van der Waals surface area contributed by atoms with Gasteiger partial charge in [-0.1, -0.05) is 24.6 Å². The quantitative estimate of drug-likeness (QED) is 0.695. The lowest BCUT2D eigenvalue weighted by atomic mass is 9.80. The lowest BCUT2D eigenvalue weighted by Crippen LogP contribution is -2.53. The summed E-state index contributed by atoms with van der Waals surface area (Å²) >= 11 is 12.1. The lowest BCUT2D eigenvalue weighted by molar-refractivity contribution is -0.119. The average molecular weight is 300 g/mol. The zero-order chi connectivity index (χ0) is 14.4. The van der Waals surface area contributed by atoms with E-state index in [-0.39, 0.29) is 11.4 Å². The van der Waals surface area contributed by atoms with Crippen LogP contribution in [0.2, 0.25) is 5.02 Å². The number of carbonyl (C=O) groups is 1. The first kappa shape index (κ1) is 14.7. The second-order valence-corrected chi connectivity index (χ2v) is 7.00. The number of anilines is 1. The van der Waals surface area contributed by atoms with Gasteiger partial charge in [-0.15, -0.1) is 11.6 Å². The summed E-state index contributed by atoms with van der Waals surface area (Å²) in [5, 5.41) is 0.100. The molecule has 0 aromatic heterocycles. The van der Waals surface area contributed by atoms with Gasteiger partial charge in [0.2, 0.25) is 5.91 Å². The van der Waals surface area contributed by atoms with Crippen LogP contribution >= 0.6 is 23.2 Å². The van der Waals surface area contributed by atoms with Crippen LogP contribution in [0.4, 0.5) is 5.69 Å². The summed E-state index contributed by atoms with van der Waals surface area (Å²) < 4.78 is 0. The van der Waals surface area contributed by atoms with Gasteiger partial charge >= 0.3 is 0 Å². The van der Waals surface area contributed by atoms with Crippen molar-refractivity contribution in [3.63, 3.8) is 0 Å².